The highest BCUT2D eigenvalue weighted by atomic mass is 16.3. The number of nitrogens with one attached hydrogen (secondary N) is 1. The molecule has 0 saturated carbocycles. The van der Waals surface area contributed by atoms with E-state index in [9.17, 15) is 0 Å². The zero-order valence-electron chi connectivity index (χ0n) is 8.83. The normalized spacial score (nSPS) is 12.5. The van der Waals surface area contributed by atoms with Gasteiger partial charge >= 0.3 is 0 Å². The summed E-state index contributed by atoms with van der Waals surface area (Å²) in [5.41, 5.74) is 2.25. The van der Waals surface area contributed by atoms with E-state index in [4.69, 9.17) is 5.11 Å². The van der Waals surface area contributed by atoms with E-state index in [1.807, 2.05) is 19.2 Å². The quantitative estimate of drug-likeness (QED) is 0.753. The smallest absolute Gasteiger partial charge is 0.0450 e. The molecule has 1 rings (SSSR count). The maximum absolute atomic E-state index is 8.86. The Balaban J connectivity index is 2.62. The molecule has 0 aliphatic heterocycles. The summed E-state index contributed by atoms with van der Waals surface area (Å²) >= 11 is 0. The molecule has 1 aromatic rings. The van der Waals surface area contributed by atoms with Crippen LogP contribution in [0.1, 0.15) is 25.3 Å². The molecule has 14 heavy (non-hydrogen) atoms. The predicted octanol–water partition coefficient (Wildman–Crippen LogP) is 1.96. The molecule has 0 radical (unpaired) electrons. The van der Waals surface area contributed by atoms with E-state index >= 15 is 0 Å². The molecule has 0 bridgehead atoms. The third-order valence-corrected chi connectivity index (χ3v) is 2.35. The zero-order chi connectivity index (χ0) is 10.4. The van der Waals surface area contributed by atoms with Crippen molar-refractivity contribution in [2.24, 2.45) is 0 Å². The number of aliphatic hydroxyl groups is 1. The van der Waals surface area contributed by atoms with Crippen LogP contribution in [0.5, 0.6) is 0 Å². The van der Waals surface area contributed by atoms with Gasteiger partial charge in [0.2, 0.25) is 0 Å². The van der Waals surface area contributed by atoms with E-state index in [-0.39, 0.29) is 6.61 Å². The van der Waals surface area contributed by atoms with E-state index in [1.165, 1.54) is 0 Å². The van der Waals surface area contributed by atoms with Crippen molar-refractivity contribution < 1.29 is 5.11 Å². The largest absolute Gasteiger partial charge is 0.396 e. The molecule has 1 heterocycles. The molecular weight excluding hydrogens is 176 g/mol. The Kier molecular flexibility index (Phi) is 4.40. The first-order valence-electron chi connectivity index (χ1n) is 5.06. The molecule has 0 aromatic carbocycles. The molecule has 3 nitrogen and oxygen atoms in total. The van der Waals surface area contributed by atoms with Crippen LogP contribution >= 0.6 is 0 Å². The minimum absolute atomic E-state index is 0.232. The summed E-state index contributed by atoms with van der Waals surface area (Å²) in [4.78, 5) is 4.03. The summed E-state index contributed by atoms with van der Waals surface area (Å²) in [7, 11) is 0. The van der Waals surface area contributed by atoms with Crippen LogP contribution in [0.25, 0.3) is 0 Å². The third-order valence-electron chi connectivity index (χ3n) is 2.35. The Hall–Kier alpha value is -1.09. The van der Waals surface area contributed by atoms with Crippen molar-refractivity contribution in [2.75, 3.05) is 11.9 Å². The number of aromatic nitrogens is 1. The van der Waals surface area contributed by atoms with E-state index < -0.39 is 0 Å². The number of hydrogen-bond acceptors (Lipinski definition) is 3. The van der Waals surface area contributed by atoms with Crippen molar-refractivity contribution in [2.45, 2.75) is 32.7 Å². The van der Waals surface area contributed by atoms with Crippen LogP contribution in [0.3, 0.4) is 0 Å². The van der Waals surface area contributed by atoms with E-state index in [0.29, 0.717) is 6.04 Å². The minimum atomic E-state index is 0.232. The predicted molar refractivity (Wildman–Crippen MR) is 58.4 cm³/mol. The van der Waals surface area contributed by atoms with Crippen molar-refractivity contribution in [1.82, 2.24) is 4.98 Å². The first kappa shape index (κ1) is 11.0. The van der Waals surface area contributed by atoms with Crippen molar-refractivity contribution in [3.8, 4) is 0 Å². The van der Waals surface area contributed by atoms with Crippen molar-refractivity contribution in [3.63, 3.8) is 0 Å². The monoisotopic (exact) mass is 194 g/mol. The molecule has 0 fully saturated rings. The fourth-order valence-electron chi connectivity index (χ4n) is 1.39. The number of aliphatic hydroxyl groups excluding tert-OH is 1. The lowest BCUT2D eigenvalue weighted by Gasteiger charge is -2.18. The lowest BCUT2D eigenvalue weighted by atomic mass is 10.1. The Morgan fingerprint density at radius 2 is 2.36 bits per heavy atom. The van der Waals surface area contributed by atoms with Crippen LogP contribution in [0.15, 0.2) is 18.5 Å². The maximum atomic E-state index is 8.86. The van der Waals surface area contributed by atoms with Crippen molar-refractivity contribution >= 4 is 5.69 Å². The van der Waals surface area contributed by atoms with Crippen LogP contribution in [0.2, 0.25) is 0 Å². The number of rotatable bonds is 5. The van der Waals surface area contributed by atoms with Gasteiger partial charge in [-0.25, -0.2) is 0 Å². The maximum Gasteiger partial charge on any atom is 0.0450 e. The van der Waals surface area contributed by atoms with Crippen LogP contribution in [0, 0.1) is 6.92 Å². The third kappa shape index (κ3) is 3.00. The Morgan fingerprint density at radius 1 is 1.57 bits per heavy atom. The lowest BCUT2D eigenvalue weighted by molar-refractivity contribution is 0.278. The summed E-state index contributed by atoms with van der Waals surface area (Å²) < 4.78 is 0. The van der Waals surface area contributed by atoms with Gasteiger partial charge in [0.15, 0.2) is 0 Å². The van der Waals surface area contributed by atoms with Gasteiger partial charge in [0.25, 0.3) is 0 Å². The summed E-state index contributed by atoms with van der Waals surface area (Å²) in [5, 5.41) is 12.3. The molecule has 0 aliphatic rings. The molecule has 1 atom stereocenters. The molecule has 78 valence electrons. The fraction of sp³-hybridized carbons (Fsp3) is 0.545. The van der Waals surface area contributed by atoms with Crippen molar-refractivity contribution in [1.29, 1.82) is 0 Å². The van der Waals surface area contributed by atoms with Gasteiger partial charge in [-0.05, 0) is 31.4 Å². The summed E-state index contributed by atoms with van der Waals surface area (Å²) in [6.07, 6.45) is 5.43. The highest BCUT2D eigenvalue weighted by molar-refractivity contribution is 5.49. The molecule has 0 spiro atoms. The highest BCUT2D eigenvalue weighted by Crippen LogP contribution is 2.15. The van der Waals surface area contributed by atoms with E-state index in [0.717, 1.165) is 24.1 Å². The Labute approximate surface area is 85.2 Å². The van der Waals surface area contributed by atoms with Gasteiger partial charge in [-0.3, -0.25) is 4.98 Å². The number of anilines is 1. The number of hydrogen-bond donors (Lipinski definition) is 2. The minimum Gasteiger partial charge on any atom is -0.396 e. The average molecular weight is 194 g/mol. The molecule has 0 aliphatic carbocycles. The van der Waals surface area contributed by atoms with Crippen LogP contribution in [-0.2, 0) is 0 Å². The summed E-state index contributed by atoms with van der Waals surface area (Å²) in [6.45, 7) is 4.38. The molecule has 0 saturated heterocycles. The Morgan fingerprint density at radius 3 is 2.93 bits per heavy atom. The molecule has 1 aromatic heterocycles. The lowest BCUT2D eigenvalue weighted by Crippen LogP contribution is -2.20. The van der Waals surface area contributed by atoms with E-state index in [1.54, 1.807) is 6.20 Å². The first-order chi connectivity index (χ1) is 6.77. The van der Waals surface area contributed by atoms with Crippen LogP contribution in [0.4, 0.5) is 5.69 Å². The van der Waals surface area contributed by atoms with E-state index in [2.05, 4.69) is 17.2 Å². The van der Waals surface area contributed by atoms with Gasteiger partial charge in [-0.2, -0.15) is 0 Å². The van der Waals surface area contributed by atoms with Gasteiger partial charge in [0.1, 0.15) is 0 Å². The van der Waals surface area contributed by atoms with Gasteiger partial charge in [-0.15, -0.1) is 0 Å². The highest BCUT2D eigenvalue weighted by Gasteiger charge is 2.06. The topological polar surface area (TPSA) is 45.1 Å². The molecule has 1 unspecified atom stereocenters. The van der Waals surface area contributed by atoms with Gasteiger partial charge in [0, 0.05) is 30.7 Å². The van der Waals surface area contributed by atoms with Gasteiger partial charge < -0.3 is 10.4 Å². The summed E-state index contributed by atoms with van der Waals surface area (Å²) in [6, 6.07) is 2.32. The zero-order valence-corrected chi connectivity index (χ0v) is 8.83. The van der Waals surface area contributed by atoms with Gasteiger partial charge in [-0.1, -0.05) is 6.92 Å². The summed E-state index contributed by atoms with van der Waals surface area (Å²) in [5.74, 6) is 0. The average Bonchev–Trinajstić information content (AvgIpc) is 2.20. The second-order valence-corrected chi connectivity index (χ2v) is 3.45. The Bertz CT molecular complexity index is 276. The second kappa shape index (κ2) is 5.60. The fourth-order valence-corrected chi connectivity index (χ4v) is 1.39. The van der Waals surface area contributed by atoms with Crippen LogP contribution < -0.4 is 5.32 Å². The number of nitrogens with zero attached hydrogens (tertiary/aromatic N) is 1. The molecular formula is C11H18N2O. The number of aryl methyl sites for hydroxylation is 1. The van der Waals surface area contributed by atoms with Crippen molar-refractivity contribution in [3.05, 3.63) is 24.0 Å². The van der Waals surface area contributed by atoms with Crippen LogP contribution in [-0.4, -0.2) is 22.7 Å². The SMILES string of the molecule is CCC(CCO)Nc1ccncc1C. The second-order valence-electron chi connectivity index (χ2n) is 3.45. The standard InChI is InChI=1S/C11H18N2O/c1-3-10(5-7-14)13-11-4-6-12-8-9(11)2/h4,6,8,10,14H,3,5,7H2,1-2H3,(H,12,13). The molecule has 0 amide bonds. The first-order valence-corrected chi connectivity index (χ1v) is 5.06. The van der Waals surface area contributed by atoms with Gasteiger partial charge in [0.05, 0.1) is 0 Å². The number of pyridine rings is 1. The molecule has 3 heteroatoms. The molecule has 2 N–H and O–H groups in total.